The van der Waals surface area contributed by atoms with E-state index in [0.29, 0.717) is 11.5 Å². The molecule has 1 atom stereocenters. The van der Waals surface area contributed by atoms with Gasteiger partial charge in [0.2, 0.25) is 0 Å². The molecule has 0 N–H and O–H groups in total. The van der Waals surface area contributed by atoms with E-state index in [-0.39, 0.29) is 0 Å². The highest BCUT2D eigenvalue weighted by atomic mass is 31.0. The first-order chi connectivity index (χ1) is 12.2. The van der Waals surface area contributed by atoms with Crippen LogP contribution in [0.4, 0.5) is 0 Å². The lowest BCUT2D eigenvalue weighted by Gasteiger charge is -2.21. The van der Waals surface area contributed by atoms with Crippen molar-refractivity contribution < 1.29 is 14.2 Å². The van der Waals surface area contributed by atoms with Crippen molar-refractivity contribution in [3.8, 4) is 39.5 Å². The third-order valence-corrected chi connectivity index (χ3v) is 4.65. The second kappa shape index (κ2) is 7.58. The lowest BCUT2D eigenvalue weighted by atomic mass is 9.95. The average molecular weight is 352 g/mol. The quantitative estimate of drug-likeness (QED) is 0.631. The summed E-state index contributed by atoms with van der Waals surface area (Å²) in [7, 11) is 7.76. The van der Waals surface area contributed by atoms with Crippen LogP contribution in [0.15, 0.2) is 60.7 Å². The zero-order chi connectivity index (χ0) is 17.8. The lowest BCUT2D eigenvalue weighted by Crippen LogP contribution is -2.03. The number of hydrogen-bond donors (Lipinski definition) is 0. The third-order valence-electron chi connectivity index (χ3n) is 4.15. The average Bonchev–Trinajstić information content (AvgIpc) is 2.67. The Kier molecular flexibility index (Phi) is 5.25. The standard InChI is InChI=1S/C21H21O3P/c1-22-16-13-17(23-2)20(15-11-7-8-12-18(15)25)21(24-3)19(16)14-9-5-4-6-10-14/h4-13H,25H2,1-3H3. The highest BCUT2D eigenvalue weighted by Gasteiger charge is 2.23. The summed E-state index contributed by atoms with van der Waals surface area (Å²) < 4.78 is 17.2. The van der Waals surface area contributed by atoms with Crippen LogP contribution >= 0.6 is 9.24 Å². The first kappa shape index (κ1) is 17.3. The van der Waals surface area contributed by atoms with Gasteiger partial charge in [0.25, 0.3) is 0 Å². The Balaban J connectivity index is 2.40. The summed E-state index contributed by atoms with van der Waals surface area (Å²) in [6.07, 6.45) is 0. The maximum absolute atomic E-state index is 5.86. The van der Waals surface area contributed by atoms with Crippen molar-refractivity contribution >= 4 is 14.5 Å². The van der Waals surface area contributed by atoms with E-state index in [2.05, 4.69) is 15.3 Å². The monoisotopic (exact) mass is 352 g/mol. The van der Waals surface area contributed by atoms with E-state index in [4.69, 9.17) is 14.2 Å². The summed E-state index contributed by atoms with van der Waals surface area (Å²) in [5, 5.41) is 1.07. The Hall–Kier alpha value is -2.51. The van der Waals surface area contributed by atoms with Gasteiger partial charge in [0.1, 0.15) is 17.2 Å². The van der Waals surface area contributed by atoms with Crippen LogP contribution in [0.3, 0.4) is 0 Å². The number of hydrogen-bond acceptors (Lipinski definition) is 3. The predicted molar refractivity (Wildman–Crippen MR) is 106 cm³/mol. The Morgan fingerprint density at radius 2 is 1.28 bits per heavy atom. The summed E-state index contributed by atoms with van der Waals surface area (Å²) in [6.45, 7) is 0. The minimum atomic E-state index is 0.711. The van der Waals surface area contributed by atoms with Crippen LogP contribution in [0.5, 0.6) is 17.2 Å². The molecule has 0 heterocycles. The fourth-order valence-corrected chi connectivity index (χ4v) is 3.35. The minimum absolute atomic E-state index is 0.711. The van der Waals surface area contributed by atoms with Crippen molar-refractivity contribution in [1.82, 2.24) is 0 Å². The molecule has 1 unspecified atom stereocenters. The van der Waals surface area contributed by atoms with Gasteiger partial charge in [-0.15, -0.1) is 9.24 Å². The highest BCUT2D eigenvalue weighted by molar-refractivity contribution is 7.28. The molecule has 0 aliphatic heterocycles. The maximum Gasteiger partial charge on any atom is 0.142 e. The molecule has 3 nitrogen and oxygen atoms in total. The molecule has 0 spiro atoms. The predicted octanol–water partition coefficient (Wildman–Crippen LogP) is 4.55. The normalized spacial score (nSPS) is 10.4. The van der Waals surface area contributed by atoms with E-state index >= 15 is 0 Å². The van der Waals surface area contributed by atoms with Crippen molar-refractivity contribution in [2.75, 3.05) is 21.3 Å². The lowest BCUT2D eigenvalue weighted by molar-refractivity contribution is 0.380. The van der Waals surface area contributed by atoms with Gasteiger partial charge in [-0.2, -0.15) is 0 Å². The molecule has 0 saturated carbocycles. The van der Waals surface area contributed by atoms with Gasteiger partial charge in [0, 0.05) is 6.07 Å². The number of methoxy groups -OCH3 is 3. The molecule has 3 rings (SSSR count). The van der Waals surface area contributed by atoms with E-state index in [1.54, 1.807) is 21.3 Å². The largest absolute Gasteiger partial charge is 0.496 e. The van der Waals surface area contributed by atoms with Crippen LogP contribution in [0, 0.1) is 0 Å². The molecule has 3 aromatic rings. The highest BCUT2D eigenvalue weighted by Crippen LogP contribution is 2.49. The van der Waals surface area contributed by atoms with Crippen LogP contribution in [0.2, 0.25) is 0 Å². The number of ether oxygens (including phenoxy) is 3. The molecule has 0 fully saturated rings. The first-order valence-electron chi connectivity index (χ1n) is 7.94. The fourth-order valence-electron chi connectivity index (χ4n) is 3.00. The Morgan fingerprint density at radius 3 is 1.88 bits per heavy atom. The summed E-state index contributed by atoms with van der Waals surface area (Å²) >= 11 is 0. The molecule has 0 saturated heterocycles. The van der Waals surface area contributed by atoms with Gasteiger partial charge in [-0.25, -0.2) is 0 Å². The van der Waals surface area contributed by atoms with Gasteiger partial charge >= 0.3 is 0 Å². The van der Waals surface area contributed by atoms with Gasteiger partial charge in [0.05, 0.1) is 32.5 Å². The molecule has 3 aromatic carbocycles. The molecule has 128 valence electrons. The van der Waals surface area contributed by atoms with Crippen molar-refractivity contribution in [1.29, 1.82) is 0 Å². The van der Waals surface area contributed by atoms with Crippen LogP contribution in [-0.2, 0) is 0 Å². The smallest absolute Gasteiger partial charge is 0.142 e. The molecular formula is C21H21O3P. The van der Waals surface area contributed by atoms with Crippen molar-refractivity contribution in [3.63, 3.8) is 0 Å². The summed E-state index contributed by atoms with van der Waals surface area (Å²) in [4.78, 5) is 0. The molecule has 0 radical (unpaired) electrons. The van der Waals surface area contributed by atoms with Gasteiger partial charge < -0.3 is 14.2 Å². The molecular weight excluding hydrogens is 331 g/mol. The van der Waals surface area contributed by atoms with Gasteiger partial charge in [0.15, 0.2) is 0 Å². The second-order valence-corrected chi connectivity index (χ2v) is 6.14. The molecule has 0 amide bonds. The molecule has 0 aliphatic carbocycles. The molecule has 0 bridgehead atoms. The second-order valence-electron chi connectivity index (χ2n) is 5.52. The first-order valence-corrected chi connectivity index (χ1v) is 8.52. The summed E-state index contributed by atoms with van der Waals surface area (Å²) in [5.74, 6) is 2.16. The number of rotatable bonds is 5. The fraction of sp³-hybridized carbons (Fsp3) is 0.143. The zero-order valence-corrected chi connectivity index (χ0v) is 15.7. The Labute approximate surface area is 150 Å². The Bertz CT molecular complexity index is 876. The molecule has 25 heavy (non-hydrogen) atoms. The SMILES string of the molecule is COc1cc(OC)c(-c2ccccc2P)c(OC)c1-c1ccccc1. The van der Waals surface area contributed by atoms with Crippen molar-refractivity contribution in [3.05, 3.63) is 60.7 Å². The van der Waals surface area contributed by atoms with E-state index in [1.165, 1.54) is 0 Å². The molecule has 4 heteroatoms. The van der Waals surface area contributed by atoms with E-state index in [0.717, 1.165) is 33.3 Å². The zero-order valence-electron chi connectivity index (χ0n) is 14.6. The van der Waals surface area contributed by atoms with E-state index in [9.17, 15) is 0 Å². The van der Waals surface area contributed by atoms with Crippen LogP contribution in [0.1, 0.15) is 0 Å². The van der Waals surface area contributed by atoms with Crippen LogP contribution < -0.4 is 19.5 Å². The maximum atomic E-state index is 5.86. The summed E-state index contributed by atoms with van der Waals surface area (Å²) in [5.41, 5.74) is 3.90. The van der Waals surface area contributed by atoms with Gasteiger partial charge in [-0.1, -0.05) is 54.6 Å². The third kappa shape index (κ3) is 3.20. The summed E-state index contributed by atoms with van der Waals surface area (Å²) in [6, 6.07) is 20.1. The van der Waals surface area contributed by atoms with Crippen LogP contribution in [-0.4, -0.2) is 21.3 Å². The Morgan fingerprint density at radius 1 is 0.680 bits per heavy atom. The number of benzene rings is 3. The van der Waals surface area contributed by atoms with Gasteiger partial charge in [-0.05, 0) is 16.4 Å². The minimum Gasteiger partial charge on any atom is -0.496 e. The van der Waals surface area contributed by atoms with Gasteiger partial charge in [-0.3, -0.25) is 0 Å². The molecule has 0 aromatic heterocycles. The van der Waals surface area contributed by atoms with E-state index < -0.39 is 0 Å². The topological polar surface area (TPSA) is 27.7 Å². The van der Waals surface area contributed by atoms with Crippen molar-refractivity contribution in [2.24, 2.45) is 0 Å². The van der Waals surface area contributed by atoms with Crippen LogP contribution in [0.25, 0.3) is 22.3 Å². The molecule has 0 aliphatic rings. The van der Waals surface area contributed by atoms with Crippen molar-refractivity contribution in [2.45, 2.75) is 0 Å². The van der Waals surface area contributed by atoms with E-state index in [1.807, 2.05) is 54.6 Å².